The average molecular weight is 967 g/mol. The molecular weight excluding hydrogens is 908 g/mol. The summed E-state index contributed by atoms with van der Waals surface area (Å²) < 4.78 is 30.0. The van der Waals surface area contributed by atoms with E-state index in [1.54, 1.807) is 34.2 Å². The molecule has 6 saturated heterocycles. The number of piperazine rings is 2. The second kappa shape index (κ2) is 17.9. The van der Waals surface area contributed by atoms with E-state index in [2.05, 4.69) is 38.9 Å². The quantitative estimate of drug-likeness (QED) is 0.165. The molecule has 2 bridgehead atoms. The molecule has 7 aliphatic rings. The van der Waals surface area contributed by atoms with Gasteiger partial charge in [-0.05, 0) is 106 Å². The van der Waals surface area contributed by atoms with Crippen molar-refractivity contribution in [3.8, 4) is 23.0 Å². The highest BCUT2D eigenvalue weighted by molar-refractivity contribution is 6.06. The number of benzene rings is 3. The number of aromatic hydroxyl groups is 1. The van der Waals surface area contributed by atoms with Crippen LogP contribution >= 0.6 is 0 Å². The molecule has 5 atom stereocenters. The lowest BCUT2D eigenvalue weighted by molar-refractivity contribution is -0.136. The first-order valence-electron chi connectivity index (χ1n) is 25.4. The van der Waals surface area contributed by atoms with Crippen LogP contribution in [0.25, 0.3) is 32.9 Å². The highest BCUT2D eigenvalue weighted by Gasteiger charge is 2.50. The standard InChI is InChI=1S/C53H59FN10O7/c1-3-31-7-4-8-32-23-36(65)24-38(44(31)32)46-45(54)47-39(25-55-46)48(62-26-33-11-12-34(27-62)59(33)2)58-51(57-47)71-30-53-16-6-18-64(53)35(15-17-53)29-70-52(69)61-21-19-60(20-22-61)41-10-5-9-37-40(41)28-63(50(37)68)42-13-14-43(66)56-49(42)67/h4-5,7-10,23-25,33-35,42,65H,3,6,11-22,26-30H2,1-2H3,(H,56,66,67)/t33?,34?,35-,42?,53-/m0/s1. The Balaban J connectivity index is 0.733. The lowest BCUT2D eigenvalue weighted by atomic mass is 9.95. The summed E-state index contributed by atoms with van der Waals surface area (Å²) in [4.78, 5) is 78.7. The number of imide groups is 1. The van der Waals surface area contributed by atoms with Crippen molar-refractivity contribution in [3.63, 3.8) is 0 Å². The number of amides is 4. The number of rotatable bonds is 10. The number of carbonyl (C=O) groups excluding carboxylic acids is 4. The number of halogens is 1. The number of aromatic nitrogens is 3. The van der Waals surface area contributed by atoms with Crippen molar-refractivity contribution in [2.24, 2.45) is 0 Å². The number of likely N-dealkylation sites (N-methyl/N-ethyl adjacent to an activating group) is 1. The maximum atomic E-state index is 17.3. The minimum absolute atomic E-state index is 0.00759. The Morgan fingerprint density at radius 1 is 0.930 bits per heavy atom. The summed E-state index contributed by atoms with van der Waals surface area (Å²) in [5, 5.41) is 15.4. The summed E-state index contributed by atoms with van der Waals surface area (Å²) in [5.41, 5.74) is 3.78. The summed E-state index contributed by atoms with van der Waals surface area (Å²) in [6.45, 7) is 7.23. The molecule has 6 fully saturated rings. The smallest absolute Gasteiger partial charge is 0.409 e. The number of carbonyl (C=O) groups is 4. The van der Waals surface area contributed by atoms with Gasteiger partial charge in [0.2, 0.25) is 11.8 Å². The maximum Gasteiger partial charge on any atom is 0.409 e. The number of phenolic OH excluding ortho intramolecular Hbond substituents is 1. The Labute approximate surface area is 410 Å². The van der Waals surface area contributed by atoms with Crippen LogP contribution in [0.15, 0.2) is 54.7 Å². The summed E-state index contributed by atoms with van der Waals surface area (Å²) in [6.07, 6.45) is 8.25. The Bertz CT molecular complexity index is 2990. The van der Waals surface area contributed by atoms with E-state index in [-0.39, 0.29) is 72.0 Å². The lowest BCUT2D eigenvalue weighted by Crippen LogP contribution is -2.52. The molecule has 2 N–H and O–H groups in total. The van der Waals surface area contributed by atoms with Crippen LogP contribution < -0.4 is 19.9 Å². The van der Waals surface area contributed by atoms with Gasteiger partial charge in [-0.1, -0.05) is 31.2 Å². The zero-order chi connectivity index (χ0) is 48.7. The number of anilines is 2. The summed E-state index contributed by atoms with van der Waals surface area (Å²) in [7, 11) is 2.18. The van der Waals surface area contributed by atoms with E-state index in [0.29, 0.717) is 73.6 Å². The molecule has 12 rings (SSSR count). The number of hydrogen-bond donors (Lipinski definition) is 2. The number of phenols is 1. The molecule has 9 heterocycles. The third-order valence-electron chi connectivity index (χ3n) is 16.8. The second-order valence-corrected chi connectivity index (χ2v) is 20.6. The van der Waals surface area contributed by atoms with Crippen molar-refractivity contribution >= 4 is 57.0 Å². The van der Waals surface area contributed by atoms with Crippen LogP contribution in [-0.4, -0.2) is 159 Å². The highest BCUT2D eigenvalue weighted by atomic mass is 19.1. The van der Waals surface area contributed by atoms with Crippen LogP contribution in [0, 0.1) is 5.82 Å². The molecule has 4 amide bonds. The Hall–Kier alpha value is -6.66. The van der Waals surface area contributed by atoms with E-state index < -0.39 is 17.8 Å². The van der Waals surface area contributed by atoms with Gasteiger partial charge >= 0.3 is 12.1 Å². The van der Waals surface area contributed by atoms with Crippen LogP contribution in [0.4, 0.5) is 20.7 Å². The van der Waals surface area contributed by atoms with E-state index >= 15 is 4.39 Å². The second-order valence-electron chi connectivity index (χ2n) is 20.6. The van der Waals surface area contributed by atoms with Gasteiger partial charge in [0.25, 0.3) is 5.91 Å². The molecule has 2 aromatic heterocycles. The van der Waals surface area contributed by atoms with Gasteiger partial charge in [-0.3, -0.25) is 34.5 Å². The van der Waals surface area contributed by atoms with Crippen LogP contribution in [0.3, 0.4) is 0 Å². The molecule has 0 saturated carbocycles. The Morgan fingerprint density at radius 3 is 2.52 bits per heavy atom. The fraction of sp³-hybridized carbons (Fsp3) is 0.491. The van der Waals surface area contributed by atoms with E-state index in [1.807, 2.05) is 30.3 Å². The number of fused-ring (bicyclic) bond motifs is 6. The van der Waals surface area contributed by atoms with Gasteiger partial charge in [-0.2, -0.15) is 9.97 Å². The average Bonchev–Trinajstić information content (AvgIpc) is 4.09. The van der Waals surface area contributed by atoms with Crippen molar-refractivity contribution in [3.05, 3.63) is 77.2 Å². The third-order valence-corrected chi connectivity index (χ3v) is 16.8. The molecule has 0 radical (unpaired) electrons. The maximum absolute atomic E-state index is 17.3. The molecule has 71 heavy (non-hydrogen) atoms. The summed E-state index contributed by atoms with van der Waals surface area (Å²) in [5.74, 6) is -0.918. The molecule has 0 aliphatic carbocycles. The van der Waals surface area contributed by atoms with Gasteiger partial charge < -0.3 is 34.2 Å². The van der Waals surface area contributed by atoms with Gasteiger partial charge in [0.05, 0.1) is 10.9 Å². The van der Waals surface area contributed by atoms with E-state index in [1.165, 1.54) is 0 Å². The molecular formula is C53H59FN10O7. The monoisotopic (exact) mass is 966 g/mol. The van der Waals surface area contributed by atoms with Gasteiger partial charge in [-0.15, -0.1) is 0 Å². The zero-order valence-corrected chi connectivity index (χ0v) is 40.2. The Kier molecular flexibility index (Phi) is 11.5. The first-order chi connectivity index (χ1) is 34.5. The topological polar surface area (TPSA) is 177 Å². The van der Waals surface area contributed by atoms with Gasteiger partial charge in [0.15, 0.2) is 5.82 Å². The van der Waals surface area contributed by atoms with Crippen molar-refractivity contribution < 1.29 is 38.1 Å². The summed E-state index contributed by atoms with van der Waals surface area (Å²) >= 11 is 0. The van der Waals surface area contributed by atoms with Crippen molar-refractivity contribution in [2.45, 2.75) is 101 Å². The number of nitrogens with one attached hydrogen (secondary N) is 1. The van der Waals surface area contributed by atoms with Crippen LogP contribution in [0.5, 0.6) is 11.8 Å². The third kappa shape index (κ3) is 7.84. The normalized spacial score (nSPS) is 25.6. The molecule has 18 heteroatoms. The number of piperidine rings is 1. The first kappa shape index (κ1) is 45.5. The molecule has 0 spiro atoms. The number of pyridine rings is 1. The number of hydrogen-bond acceptors (Lipinski definition) is 14. The predicted molar refractivity (Wildman–Crippen MR) is 263 cm³/mol. The van der Waals surface area contributed by atoms with Crippen LogP contribution in [0.2, 0.25) is 0 Å². The number of aryl methyl sites for hydroxylation is 1. The lowest BCUT2D eigenvalue weighted by Gasteiger charge is -2.40. The van der Waals surface area contributed by atoms with Crippen molar-refractivity contribution in [2.75, 3.05) is 75.9 Å². The van der Waals surface area contributed by atoms with Crippen molar-refractivity contribution in [1.82, 2.24) is 39.9 Å². The largest absolute Gasteiger partial charge is 0.508 e. The van der Waals surface area contributed by atoms with Gasteiger partial charge in [0.1, 0.15) is 42.0 Å². The molecule has 5 aromatic rings. The fourth-order valence-corrected chi connectivity index (χ4v) is 13.0. The molecule has 3 aromatic carbocycles. The minimum Gasteiger partial charge on any atom is -0.508 e. The number of nitrogens with zero attached hydrogens (tertiary/aromatic N) is 9. The highest BCUT2D eigenvalue weighted by Crippen LogP contribution is 2.44. The molecule has 3 unspecified atom stereocenters. The molecule has 17 nitrogen and oxygen atoms in total. The summed E-state index contributed by atoms with van der Waals surface area (Å²) in [6, 6.07) is 14.9. The number of ether oxygens (including phenoxy) is 2. The molecule has 7 aliphatic heterocycles. The van der Waals surface area contributed by atoms with Gasteiger partial charge in [-0.25, -0.2) is 9.18 Å². The van der Waals surface area contributed by atoms with Crippen LogP contribution in [0.1, 0.15) is 79.8 Å². The zero-order valence-electron chi connectivity index (χ0n) is 40.2. The Morgan fingerprint density at radius 2 is 1.73 bits per heavy atom. The van der Waals surface area contributed by atoms with E-state index in [0.717, 1.165) is 92.2 Å². The first-order valence-corrected chi connectivity index (χ1v) is 25.4. The van der Waals surface area contributed by atoms with E-state index in [4.69, 9.17) is 24.4 Å². The van der Waals surface area contributed by atoms with Gasteiger partial charge in [0, 0.05) is 98.9 Å². The fourth-order valence-electron chi connectivity index (χ4n) is 13.0. The molecule has 370 valence electrons. The predicted octanol–water partition coefficient (Wildman–Crippen LogP) is 5.63. The van der Waals surface area contributed by atoms with E-state index in [9.17, 15) is 24.3 Å². The van der Waals surface area contributed by atoms with Crippen LogP contribution in [-0.2, 0) is 27.3 Å². The van der Waals surface area contributed by atoms with Crippen molar-refractivity contribution in [1.29, 1.82) is 0 Å². The minimum atomic E-state index is -0.688. The SMILES string of the molecule is CCc1cccc2cc(O)cc(-c3ncc4c(N5CC6CCC(C5)N6C)nc(OC[C@@]56CCCN5[C@H](COC(=O)N5CCN(c7cccc8c7CN(C7CCC(=O)NC7=O)C8=O)CC5)CC6)nc4c3F)c12.